The van der Waals surface area contributed by atoms with Gasteiger partial charge in [0.15, 0.2) is 5.82 Å². The second kappa shape index (κ2) is 5.79. The molecule has 0 aliphatic carbocycles. The molecule has 3 rings (SSSR count). The van der Waals surface area contributed by atoms with Crippen molar-refractivity contribution in [3.8, 4) is 0 Å². The zero-order valence-electron chi connectivity index (χ0n) is 11.0. The van der Waals surface area contributed by atoms with Crippen LogP contribution in [0.2, 0.25) is 0 Å². The maximum absolute atomic E-state index is 12.9. The van der Waals surface area contributed by atoms with Gasteiger partial charge in [-0.3, -0.25) is 4.90 Å². The Morgan fingerprint density at radius 1 is 1.21 bits per heavy atom. The molecular formula is C13H19FN4O. The van der Waals surface area contributed by atoms with Crippen molar-refractivity contribution in [2.45, 2.75) is 18.9 Å². The van der Waals surface area contributed by atoms with E-state index in [1.54, 1.807) is 0 Å². The van der Waals surface area contributed by atoms with Crippen LogP contribution < -0.4 is 4.90 Å². The predicted octanol–water partition coefficient (Wildman–Crippen LogP) is 0.917. The summed E-state index contributed by atoms with van der Waals surface area (Å²) in [6.45, 7) is 5.60. The van der Waals surface area contributed by atoms with Gasteiger partial charge in [-0.15, -0.1) is 0 Å². The van der Waals surface area contributed by atoms with Crippen molar-refractivity contribution >= 4 is 5.95 Å². The number of aromatic nitrogens is 2. The van der Waals surface area contributed by atoms with Crippen molar-refractivity contribution in [2.75, 3.05) is 44.3 Å². The van der Waals surface area contributed by atoms with E-state index in [2.05, 4.69) is 19.8 Å². The molecule has 0 radical (unpaired) electrons. The second-order valence-corrected chi connectivity index (χ2v) is 5.10. The van der Waals surface area contributed by atoms with Crippen molar-refractivity contribution in [1.29, 1.82) is 0 Å². The Kier molecular flexibility index (Phi) is 3.89. The third-order valence-electron chi connectivity index (χ3n) is 3.81. The third-order valence-corrected chi connectivity index (χ3v) is 3.81. The molecule has 3 heterocycles. The summed E-state index contributed by atoms with van der Waals surface area (Å²) in [6, 6.07) is 0.434. The fourth-order valence-electron chi connectivity index (χ4n) is 2.82. The fraction of sp³-hybridized carbons (Fsp3) is 0.692. The predicted molar refractivity (Wildman–Crippen MR) is 69.6 cm³/mol. The molecule has 0 aromatic carbocycles. The van der Waals surface area contributed by atoms with Crippen LogP contribution in [0, 0.1) is 5.82 Å². The van der Waals surface area contributed by atoms with Gasteiger partial charge in [0.05, 0.1) is 25.6 Å². The Morgan fingerprint density at radius 2 is 1.95 bits per heavy atom. The zero-order valence-corrected chi connectivity index (χ0v) is 11.0. The Hall–Kier alpha value is -1.27. The third kappa shape index (κ3) is 3.01. The minimum absolute atomic E-state index is 0.382. The Labute approximate surface area is 112 Å². The van der Waals surface area contributed by atoms with E-state index in [-0.39, 0.29) is 5.82 Å². The van der Waals surface area contributed by atoms with Crippen LogP contribution in [0.15, 0.2) is 12.4 Å². The number of anilines is 1. The summed E-state index contributed by atoms with van der Waals surface area (Å²) in [5.74, 6) is 0.268. The summed E-state index contributed by atoms with van der Waals surface area (Å²) < 4.78 is 18.2. The highest BCUT2D eigenvalue weighted by Gasteiger charge is 2.28. The minimum Gasteiger partial charge on any atom is -0.379 e. The van der Waals surface area contributed by atoms with E-state index in [1.165, 1.54) is 12.4 Å². The highest BCUT2D eigenvalue weighted by Crippen LogP contribution is 2.23. The number of rotatable bonds is 3. The van der Waals surface area contributed by atoms with Gasteiger partial charge in [-0.1, -0.05) is 0 Å². The molecule has 0 N–H and O–H groups in total. The lowest BCUT2D eigenvalue weighted by Crippen LogP contribution is -2.45. The number of hydrogen-bond acceptors (Lipinski definition) is 5. The lowest BCUT2D eigenvalue weighted by Gasteiger charge is -2.32. The van der Waals surface area contributed by atoms with Crippen molar-refractivity contribution < 1.29 is 9.13 Å². The van der Waals surface area contributed by atoms with Crippen LogP contribution in [0.3, 0.4) is 0 Å². The van der Waals surface area contributed by atoms with E-state index in [1.807, 2.05) is 0 Å². The maximum atomic E-state index is 12.9. The van der Waals surface area contributed by atoms with Gasteiger partial charge in [-0.25, -0.2) is 14.4 Å². The van der Waals surface area contributed by atoms with Crippen molar-refractivity contribution in [3.05, 3.63) is 18.2 Å². The van der Waals surface area contributed by atoms with Crippen LogP contribution in [0.4, 0.5) is 10.3 Å². The highest BCUT2D eigenvalue weighted by molar-refractivity contribution is 5.32. The molecule has 0 spiro atoms. The van der Waals surface area contributed by atoms with E-state index in [0.29, 0.717) is 12.0 Å². The van der Waals surface area contributed by atoms with Crippen LogP contribution in [0.25, 0.3) is 0 Å². The summed E-state index contributed by atoms with van der Waals surface area (Å²) in [5, 5.41) is 0. The minimum atomic E-state index is -0.382. The molecule has 2 aliphatic heterocycles. The molecule has 1 aromatic rings. The highest BCUT2D eigenvalue weighted by atomic mass is 19.1. The van der Waals surface area contributed by atoms with Gasteiger partial charge in [0.2, 0.25) is 5.95 Å². The van der Waals surface area contributed by atoms with Crippen LogP contribution in [-0.2, 0) is 4.74 Å². The average Bonchev–Trinajstić information content (AvgIpc) is 2.89. The van der Waals surface area contributed by atoms with Gasteiger partial charge in [0.1, 0.15) is 0 Å². The Balaban J connectivity index is 1.65. The number of hydrogen-bond donors (Lipinski definition) is 0. The molecule has 0 unspecified atom stereocenters. The lowest BCUT2D eigenvalue weighted by atomic mass is 10.2. The van der Waals surface area contributed by atoms with Gasteiger partial charge in [0, 0.05) is 32.2 Å². The molecule has 2 aliphatic rings. The van der Waals surface area contributed by atoms with Gasteiger partial charge >= 0.3 is 0 Å². The monoisotopic (exact) mass is 266 g/mol. The SMILES string of the molecule is Fc1cnc(N2CCC[C@H]2CN2CCOCC2)nc1. The number of ether oxygens (including phenoxy) is 1. The topological polar surface area (TPSA) is 41.5 Å². The number of halogens is 1. The molecule has 6 heteroatoms. The number of nitrogens with zero attached hydrogens (tertiary/aromatic N) is 4. The van der Waals surface area contributed by atoms with E-state index < -0.39 is 0 Å². The first-order chi connectivity index (χ1) is 9.33. The molecule has 19 heavy (non-hydrogen) atoms. The van der Waals surface area contributed by atoms with Gasteiger partial charge in [0.25, 0.3) is 0 Å². The molecule has 2 saturated heterocycles. The first kappa shape index (κ1) is 12.7. The van der Waals surface area contributed by atoms with E-state index >= 15 is 0 Å². The van der Waals surface area contributed by atoms with Crippen molar-refractivity contribution in [2.24, 2.45) is 0 Å². The average molecular weight is 266 g/mol. The normalized spacial score (nSPS) is 24.9. The molecular weight excluding hydrogens is 247 g/mol. The molecule has 1 atom stereocenters. The van der Waals surface area contributed by atoms with Crippen LogP contribution >= 0.6 is 0 Å². The second-order valence-electron chi connectivity index (χ2n) is 5.10. The molecule has 104 valence electrons. The summed E-state index contributed by atoms with van der Waals surface area (Å²) in [5.41, 5.74) is 0. The summed E-state index contributed by atoms with van der Waals surface area (Å²) in [7, 11) is 0. The molecule has 0 bridgehead atoms. The number of morpholine rings is 1. The molecule has 2 fully saturated rings. The zero-order chi connectivity index (χ0) is 13.1. The summed E-state index contributed by atoms with van der Waals surface area (Å²) >= 11 is 0. The van der Waals surface area contributed by atoms with Gasteiger partial charge in [-0.2, -0.15) is 0 Å². The first-order valence-electron chi connectivity index (χ1n) is 6.87. The van der Waals surface area contributed by atoms with Crippen molar-refractivity contribution in [1.82, 2.24) is 14.9 Å². The largest absolute Gasteiger partial charge is 0.379 e. The summed E-state index contributed by atoms with van der Waals surface area (Å²) in [4.78, 5) is 12.8. The molecule has 5 nitrogen and oxygen atoms in total. The molecule has 1 aromatic heterocycles. The van der Waals surface area contributed by atoms with Gasteiger partial charge < -0.3 is 9.64 Å². The molecule has 0 saturated carbocycles. The fourth-order valence-corrected chi connectivity index (χ4v) is 2.82. The standard InChI is InChI=1S/C13H19FN4O/c14-11-8-15-13(16-9-11)18-3-1-2-12(18)10-17-4-6-19-7-5-17/h8-9,12H,1-7,10H2/t12-/m0/s1. The Bertz CT molecular complexity index is 408. The maximum Gasteiger partial charge on any atom is 0.225 e. The summed E-state index contributed by atoms with van der Waals surface area (Å²) in [6.07, 6.45) is 4.78. The van der Waals surface area contributed by atoms with E-state index in [0.717, 1.165) is 52.2 Å². The van der Waals surface area contributed by atoms with E-state index in [9.17, 15) is 4.39 Å². The van der Waals surface area contributed by atoms with Crippen LogP contribution in [-0.4, -0.2) is 60.3 Å². The smallest absolute Gasteiger partial charge is 0.225 e. The van der Waals surface area contributed by atoms with E-state index in [4.69, 9.17) is 4.74 Å². The van der Waals surface area contributed by atoms with Crippen LogP contribution in [0.5, 0.6) is 0 Å². The lowest BCUT2D eigenvalue weighted by molar-refractivity contribution is 0.0354. The van der Waals surface area contributed by atoms with Gasteiger partial charge in [-0.05, 0) is 12.8 Å². The van der Waals surface area contributed by atoms with Crippen molar-refractivity contribution in [3.63, 3.8) is 0 Å². The van der Waals surface area contributed by atoms with Crippen LogP contribution in [0.1, 0.15) is 12.8 Å². The molecule has 0 amide bonds. The first-order valence-corrected chi connectivity index (χ1v) is 6.87. The quantitative estimate of drug-likeness (QED) is 0.813. The Morgan fingerprint density at radius 3 is 2.68 bits per heavy atom.